The zero-order valence-corrected chi connectivity index (χ0v) is 12.2. The second-order valence-electron chi connectivity index (χ2n) is 5.58. The van der Waals surface area contributed by atoms with Gasteiger partial charge >= 0.3 is 0 Å². The SMILES string of the molecule is OCCc1cc(-c2ccccc2)c2[nH]c3ccccc3c2c1. The van der Waals surface area contributed by atoms with Crippen LogP contribution >= 0.6 is 0 Å². The second-order valence-corrected chi connectivity index (χ2v) is 5.58. The number of H-pyrrole nitrogens is 1. The van der Waals surface area contributed by atoms with Gasteiger partial charge in [-0.2, -0.15) is 0 Å². The molecule has 0 fully saturated rings. The van der Waals surface area contributed by atoms with Gasteiger partial charge in [-0.3, -0.25) is 0 Å². The van der Waals surface area contributed by atoms with Crippen LogP contribution in [0.2, 0.25) is 0 Å². The molecule has 22 heavy (non-hydrogen) atoms. The summed E-state index contributed by atoms with van der Waals surface area (Å²) in [6, 6.07) is 23.1. The molecular formula is C20H17NO. The average Bonchev–Trinajstić information content (AvgIpc) is 2.94. The van der Waals surface area contributed by atoms with Gasteiger partial charge in [-0.05, 0) is 35.7 Å². The summed E-state index contributed by atoms with van der Waals surface area (Å²) in [5.41, 5.74) is 5.86. The molecule has 0 atom stereocenters. The molecule has 0 unspecified atom stereocenters. The Kier molecular flexibility index (Phi) is 3.17. The standard InChI is InChI=1S/C20H17NO/c22-11-10-14-12-17(15-6-2-1-3-7-15)20-18(13-14)16-8-4-5-9-19(16)21-20/h1-9,12-13,21-22H,10-11H2. The van der Waals surface area contributed by atoms with Crippen molar-refractivity contribution in [2.24, 2.45) is 0 Å². The largest absolute Gasteiger partial charge is 0.396 e. The van der Waals surface area contributed by atoms with Gasteiger partial charge in [0.2, 0.25) is 0 Å². The zero-order chi connectivity index (χ0) is 14.9. The van der Waals surface area contributed by atoms with Crippen molar-refractivity contribution >= 4 is 21.8 Å². The van der Waals surface area contributed by atoms with Gasteiger partial charge in [0.25, 0.3) is 0 Å². The third-order valence-electron chi connectivity index (χ3n) is 4.16. The Morgan fingerprint density at radius 3 is 2.41 bits per heavy atom. The Morgan fingerprint density at radius 2 is 1.59 bits per heavy atom. The smallest absolute Gasteiger partial charge is 0.0544 e. The van der Waals surface area contributed by atoms with E-state index >= 15 is 0 Å². The fourth-order valence-corrected chi connectivity index (χ4v) is 3.13. The molecule has 2 N–H and O–H groups in total. The monoisotopic (exact) mass is 287 g/mol. The Morgan fingerprint density at radius 1 is 0.818 bits per heavy atom. The highest BCUT2D eigenvalue weighted by Crippen LogP contribution is 2.34. The van der Waals surface area contributed by atoms with Crippen LogP contribution in [0.15, 0.2) is 66.7 Å². The van der Waals surface area contributed by atoms with E-state index in [0.29, 0.717) is 6.42 Å². The average molecular weight is 287 g/mol. The minimum absolute atomic E-state index is 0.169. The Bertz CT molecular complexity index is 938. The minimum atomic E-state index is 0.169. The summed E-state index contributed by atoms with van der Waals surface area (Å²) < 4.78 is 0. The van der Waals surface area contributed by atoms with Crippen molar-refractivity contribution in [2.75, 3.05) is 6.61 Å². The van der Waals surface area contributed by atoms with E-state index in [1.165, 1.54) is 27.5 Å². The Hall–Kier alpha value is -2.58. The van der Waals surface area contributed by atoms with Gasteiger partial charge in [0, 0.05) is 28.5 Å². The number of hydrogen-bond acceptors (Lipinski definition) is 1. The minimum Gasteiger partial charge on any atom is -0.396 e. The normalized spacial score (nSPS) is 11.3. The van der Waals surface area contributed by atoms with E-state index in [9.17, 15) is 5.11 Å². The van der Waals surface area contributed by atoms with Crippen LogP contribution in [0.25, 0.3) is 32.9 Å². The van der Waals surface area contributed by atoms with Gasteiger partial charge in [-0.25, -0.2) is 0 Å². The van der Waals surface area contributed by atoms with E-state index < -0.39 is 0 Å². The van der Waals surface area contributed by atoms with Crippen molar-refractivity contribution in [1.82, 2.24) is 4.98 Å². The third-order valence-corrected chi connectivity index (χ3v) is 4.16. The first-order chi connectivity index (χ1) is 10.9. The number of para-hydroxylation sites is 1. The number of aliphatic hydroxyl groups is 1. The summed E-state index contributed by atoms with van der Waals surface area (Å²) in [6.07, 6.45) is 0.676. The Balaban J connectivity index is 2.09. The molecule has 0 aliphatic carbocycles. The van der Waals surface area contributed by atoms with E-state index in [1.807, 2.05) is 6.07 Å². The first kappa shape index (κ1) is 13.1. The van der Waals surface area contributed by atoms with E-state index in [1.54, 1.807) is 0 Å². The predicted molar refractivity (Wildman–Crippen MR) is 92.0 cm³/mol. The van der Waals surface area contributed by atoms with Crippen molar-refractivity contribution < 1.29 is 5.11 Å². The van der Waals surface area contributed by atoms with E-state index in [0.717, 1.165) is 11.0 Å². The van der Waals surface area contributed by atoms with Crippen molar-refractivity contribution in [3.05, 3.63) is 72.3 Å². The van der Waals surface area contributed by atoms with Gasteiger partial charge < -0.3 is 10.1 Å². The number of benzene rings is 3. The van der Waals surface area contributed by atoms with Crippen LogP contribution in [-0.2, 0) is 6.42 Å². The number of fused-ring (bicyclic) bond motifs is 3. The molecule has 1 heterocycles. The van der Waals surface area contributed by atoms with Crippen molar-refractivity contribution in [1.29, 1.82) is 0 Å². The van der Waals surface area contributed by atoms with Crippen molar-refractivity contribution in [3.8, 4) is 11.1 Å². The predicted octanol–water partition coefficient (Wildman–Crippen LogP) is 4.52. The summed E-state index contributed by atoms with van der Waals surface area (Å²) in [5, 5.41) is 11.8. The van der Waals surface area contributed by atoms with Gasteiger partial charge in [0.1, 0.15) is 0 Å². The highest BCUT2D eigenvalue weighted by Gasteiger charge is 2.11. The maximum absolute atomic E-state index is 9.31. The van der Waals surface area contributed by atoms with E-state index in [2.05, 4.69) is 65.6 Å². The highest BCUT2D eigenvalue weighted by atomic mass is 16.2. The molecule has 0 amide bonds. The summed E-state index contributed by atoms with van der Waals surface area (Å²) in [7, 11) is 0. The fraction of sp³-hybridized carbons (Fsp3) is 0.100. The lowest BCUT2D eigenvalue weighted by molar-refractivity contribution is 0.299. The quantitative estimate of drug-likeness (QED) is 0.571. The molecule has 0 saturated heterocycles. The van der Waals surface area contributed by atoms with Crippen LogP contribution in [0.4, 0.5) is 0 Å². The van der Waals surface area contributed by atoms with Gasteiger partial charge in [-0.1, -0.05) is 48.5 Å². The first-order valence-corrected chi connectivity index (χ1v) is 7.56. The maximum atomic E-state index is 9.31. The maximum Gasteiger partial charge on any atom is 0.0544 e. The first-order valence-electron chi connectivity index (χ1n) is 7.56. The number of rotatable bonds is 3. The summed E-state index contributed by atoms with van der Waals surface area (Å²) in [6.45, 7) is 0.169. The molecule has 3 aromatic carbocycles. The lowest BCUT2D eigenvalue weighted by Gasteiger charge is -2.07. The molecule has 0 spiro atoms. The van der Waals surface area contributed by atoms with Crippen LogP contribution < -0.4 is 0 Å². The molecule has 2 heteroatoms. The summed E-state index contributed by atoms with van der Waals surface area (Å²) >= 11 is 0. The highest BCUT2D eigenvalue weighted by molar-refractivity contribution is 6.12. The number of aliphatic hydroxyl groups excluding tert-OH is 1. The molecule has 0 aliphatic rings. The summed E-state index contributed by atoms with van der Waals surface area (Å²) in [4.78, 5) is 3.55. The molecule has 108 valence electrons. The fourth-order valence-electron chi connectivity index (χ4n) is 3.13. The molecule has 4 rings (SSSR count). The molecule has 0 aliphatic heterocycles. The molecule has 4 aromatic rings. The third kappa shape index (κ3) is 2.09. The van der Waals surface area contributed by atoms with E-state index in [4.69, 9.17) is 0 Å². The van der Waals surface area contributed by atoms with Gasteiger partial charge in [0.05, 0.1) is 5.52 Å². The van der Waals surface area contributed by atoms with Crippen LogP contribution in [0.1, 0.15) is 5.56 Å². The lowest BCUT2D eigenvalue weighted by atomic mass is 9.98. The molecule has 0 saturated carbocycles. The van der Waals surface area contributed by atoms with Crippen molar-refractivity contribution in [2.45, 2.75) is 6.42 Å². The zero-order valence-electron chi connectivity index (χ0n) is 12.2. The molecule has 1 aromatic heterocycles. The second kappa shape index (κ2) is 5.32. The molecule has 2 nitrogen and oxygen atoms in total. The van der Waals surface area contributed by atoms with Crippen molar-refractivity contribution in [3.63, 3.8) is 0 Å². The Labute approximate surface area is 129 Å². The molecule has 0 bridgehead atoms. The summed E-state index contributed by atoms with van der Waals surface area (Å²) in [5.74, 6) is 0. The van der Waals surface area contributed by atoms with Crippen LogP contribution in [0.3, 0.4) is 0 Å². The topological polar surface area (TPSA) is 36.0 Å². The van der Waals surface area contributed by atoms with Gasteiger partial charge in [0.15, 0.2) is 0 Å². The van der Waals surface area contributed by atoms with Gasteiger partial charge in [-0.15, -0.1) is 0 Å². The van der Waals surface area contributed by atoms with Crippen LogP contribution in [0.5, 0.6) is 0 Å². The molecule has 0 radical (unpaired) electrons. The number of nitrogens with one attached hydrogen (secondary N) is 1. The van der Waals surface area contributed by atoms with Crippen LogP contribution in [0, 0.1) is 0 Å². The van der Waals surface area contributed by atoms with E-state index in [-0.39, 0.29) is 6.61 Å². The molecular weight excluding hydrogens is 270 g/mol. The lowest BCUT2D eigenvalue weighted by Crippen LogP contribution is -1.92. The number of aromatic nitrogens is 1. The number of hydrogen-bond donors (Lipinski definition) is 2. The number of aromatic amines is 1. The van der Waals surface area contributed by atoms with Crippen LogP contribution in [-0.4, -0.2) is 16.7 Å².